The summed E-state index contributed by atoms with van der Waals surface area (Å²) in [6.07, 6.45) is 0. The van der Waals surface area contributed by atoms with E-state index in [1.807, 2.05) is 36.4 Å². The van der Waals surface area contributed by atoms with Crippen molar-refractivity contribution in [1.82, 2.24) is 0 Å². The van der Waals surface area contributed by atoms with E-state index in [0.717, 1.165) is 94.0 Å². The zero-order chi connectivity index (χ0) is 30.2. The molecule has 3 aromatic heterocycles. The fourth-order valence-corrected chi connectivity index (χ4v) is 6.94. The predicted molar refractivity (Wildman–Crippen MR) is 188 cm³/mol. The van der Waals surface area contributed by atoms with Gasteiger partial charge in [0.25, 0.3) is 0 Å². The first kappa shape index (κ1) is 25.1. The molecule has 0 aliphatic rings. The SMILES string of the molecule is c1ccc(N(c2ccc3oc4ccc(-c5ccc6oc7ccccc7c6c5)cc4c3c2)c2cccc3oc4ccccc4c23)cc1. The summed E-state index contributed by atoms with van der Waals surface area (Å²) in [7, 11) is 0. The number of furan rings is 3. The average molecular weight is 592 g/mol. The third-order valence-electron chi connectivity index (χ3n) is 9.06. The maximum atomic E-state index is 6.37. The van der Waals surface area contributed by atoms with Crippen LogP contribution in [-0.2, 0) is 0 Å². The number of benzene rings is 7. The van der Waals surface area contributed by atoms with Crippen molar-refractivity contribution >= 4 is 82.9 Å². The number of nitrogens with zero attached hydrogens (tertiary/aromatic N) is 1. The summed E-state index contributed by atoms with van der Waals surface area (Å²) in [5.41, 5.74) is 10.7. The first-order valence-corrected chi connectivity index (χ1v) is 15.4. The molecule has 0 aliphatic heterocycles. The molecule has 0 aliphatic carbocycles. The molecule has 4 heteroatoms. The van der Waals surface area contributed by atoms with E-state index in [2.05, 4.69) is 120 Å². The van der Waals surface area contributed by atoms with Crippen molar-refractivity contribution in [1.29, 1.82) is 0 Å². The molecule has 0 fully saturated rings. The first-order chi connectivity index (χ1) is 22.8. The number of hydrogen-bond donors (Lipinski definition) is 0. The van der Waals surface area contributed by atoms with Gasteiger partial charge in [-0.2, -0.15) is 0 Å². The van der Waals surface area contributed by atoms with Crippen LogP contribution in [0, 0.1) is 0 Å². The Morgan fingerprint density at radius 2 is 0.848 bits per heavy atom. The topological polar surface area (TPSA) is 42.7 Å². The lowest BCUT2D eigenvalue weighted by Crippen LogP contribution is -2.10. The molecule has 4 nitrogen and oxygen atoms in total. The summed E-state index contributed by atoms with van der Waals surface area (Å²) < 4.78 is 18.7. The fraction of sp³-hybridized carbons (Fsp3) is 0. The molecular formula is C42H25NO3. The minimum Gasteiger partial charge on any atom is -0.456 e. The van der Waals surface area contributed by atoms with Gasteiger partial charge in [-0.3, -0.25) is 0 Å². The molecule has 0 amide bonds. The Hall–Kier alpha value is -6.26. The van der Waals surface area contributed by atoms with Gasteiger partial charge in [0.1, 0.15) is 33.5 Å². The van der Waals surface area contributed by atoms with Gasteiger partial charge in [0, 0.05) is 38.3 Å². The molecule has 46 heavy (non-hydrogen) atoms. The highest BCUT2D eigenvalue weighted by molar-refractivity contribution is 6.14. The van der Waals surface area contributed by atoms with Crippen molar-refractivity contribution in [3.05, 3.63) is 152 Å². The Morgan fingerprint density at radius 1 is 0.326 bits per heavy atom. The minimum atomic E-state index is 0.854. The second-order valence-electron chi connectivity index (χ2n) is 11.7. The number of fused-ring (bicyclic) bond motifs is 9. The maximum absolute atomic E-state index is 6.37. The Kier molecular flexibility index (Phi) is 5.25. The zero-order valence-corrected chi connectivity index (χ0v) is 24.6. The predicted octanol–water partition coefficient (Wildman–Crippen LogP) is 12.5. The van der Waals surface area contributed by atoms with Crippen molar-refractivity contribution in [2.24, 2.45) is 0 Å². The summed E-state index contributed by atoms with van der Waals surface area (Å²) >= 11 is 0. The van der Waals surface area contributed by atoms with Crippen molar-refractivity contribution in [2.75, 3.05) is 4.90 Å². The van der Waals surface area contributed by atoms with Gasteiger partial charge in [-0.25, -0.2) is 0 Å². The van der Waals surface area contributed by atoms with Crippen LogP contribution < -0.4 is 4.90 Å². The molecule has 0 unspecified atom stereocenters. The van der Waals surface area contributed by atoms with Crippen LogP contribution in [0.4, 0.5) is 17.1 Å². The highest BCUT2D eigenvalue weighted by atomic mass is 16.3. The monoisotopic (exact) mass is 591 g/mol. The Labute approximate surface area is 263 Å². The number of hydrogen-bond acceptors (Lipinski definition) is 4. The molecule has 0 saturated carbocycles. The standard InChI is InChI=1S/C42H25NO3/c1-2-9-28(10-3-1)43(35-13-8-16-41-42(35)31-12-5-7-15-37(31)46-41)29-19-22-40-34(25-29)33-24-27(18-21-39(33)45-40)26-17-20-38-32(23-26)30-11-4-6-14-36(30)44-38/h1-25H. The van der Waals surface area contributed by atoms with Gasteiger partial charge >= 0.3 is 0 Å². The van der Waals surface area contributed by atoms with Gasteiger partial charge in [0.05, 0.1) is 11.1 Å². The molecule has 0 atom stereocenters. The summed E-state index contributed by atoms with van der Waals surface area (Å²) in [5.74, 6) is 0. The molecule has 0 bridgehead atoms. The van der Waals surface area contributed by atoms with Gasteiger partial charge in [0.15, 0.2) is 0 Å². The maximum Gasteiger partial charge on any atom is 0.137 e. The summed E-state index contributed by atoms with van der Waals surface area (Å²) in [4.78, 5) is 2.31. The van der Waals surface area contributed by atoms with E-state index in [1.54, 1.807) is 0 Å². The van der Waals surface area contributed by atoms with E-state index in [1.165, 1.54) is 0 Å². The largest absolute Gasteiger partial charge is 0.456 e. The van der Waals surface area contributed by atoms with Crippen LogP contribution in [0.15, 0.2) is 165 Å². The van der Waals surface area contributed by atoms with E-state index in [9.17, 15) is 0 Å². The molecule has 0 saturated heterocycles. The molecular weight excluding hydrogens is 566 g/mol. The molecule has 0 N–H and O–H groups in total. The van der Waals surface area contributed by atoms with E-state index in [0.29, 0.717) is 0 Å². The van der Waals surface area contributed by atoms with Gasteiger partial charge < -0.3 is 18.2 Å². The lowest BCUT2D eigenvalue weighted by molar-refractivity contribution is 0.668. The Bertz CT molecular complexity index is 2760. The van der Waals surface area contributed by atoms with Crippen LogP contribution in [0.1, 0.15) is 0 Å². The molecule has 10 rings (SSSR count). The normalized spacial score (nSPS) is 11.9. The van der Waals surface area contributed by atoms with E-state index in [-0.39, 0.29) is 0 Å². The second-order valence-corrected chi connectivity index (χ2v) is 11.7. The number of rotatable bonds is 4. The van der Waals surface area contributed by atoms with E-state index >= 15 is 0 Å². The van der Waals surface area contributed by atoms with Crippen LogP contribution in [0.2, 0.25) is 0 Å². The Morgan fingerprint density at radius 3 is 1.59 bits per heavy atom. The lowest BCUT2D eigenvalue weighted by Gasteiger charge is -2.26. The van der Waals surface area contributed by atoms with Crippen molar-refractivity contribution in [2.45, 2.75) is 0 Å². The minimum absolute atomic E-state index is 0.854. The van der Waals surface area contributed by atoms with Gasteiger partial charge in [0.2, 0.25) is 0 Å². The summed E-state index contributed by atoms with van der Waals surface area (Å²) in [6, 6.07) is 52.5. The molecule has 0 spiro atoms. The molecule has 0 radical (unpaired) electrons. The summed E-state index contributed by atoms with van der Waals surface area (Å²) in [6.45, 7) is 0. The molecule has 7 aromatic carbocycles. The van der Waals surface area contributed by atoms with Crippen LogP contribution in [0.25, 0.3) is 76.9 Å². The van der Waals surface area contributed by atoms with E-state index in [4.69, 9.17) is 13.3 Å². The Balaban J connectivity index is 1.17. The third-order valence-corrected chi connectivity index (χ3v) is 9.06. The number of anilines is 3. The first-order valence-electron chi connectivity index (χ1n) is 15.4. The van der Waals surface area contributed by atoms with Crippen molar-refractivity contribution < 1.29 is 13.3 Å². The molecule has 3 heterocycles. The average Bonchev–Trinajstić information content (AvgIpc) is 3.79. The zero-order valence-electron chi connectivity index (χ0n) is 24.6. The smallest absolute Gasteiger partial charge is 0.137 e. The van der Waals surface area contributed by atoms with Crippen molar-refractivity contribution in [3.63, 3.8) is 0 Å². The van der Waals surface area contributed by atoms with Crippen LogP contribution in [-0.4, -0.2) is 0 Å². The quantitative estimate of drug-likeness (QED) is 0.204. The van der Waals surface area contributed by atoms with Gasteiger partial charge in [-0.15, -0.1) is 0 Å². The third kappa shape index (κ3) is 3.74. The van der Waals surface area contributed by atoms with Crippen LogP contribution in [0.5, 0.6) is 0 Å². The van der Waals surface area contributed by atoms with Gasteiger partial charge in [-0.05, 0) is 90.0 Å². The number of para-hydroxylation sites is 3. The highest BCUT2D eigenvalue weighted by Crippen LogP contribution is 2.44. The summed E-state index contributed by atoms with van der Waals surface area (Å²) in [5, 5.41) is 6.56. The van der Waals surface area contributed by atoms with Crippen LogP contribution >= 0.6 is 0 Å². The van der Waals surface area contributed by atoms with Gasteiger partial charge in [-0.1, -0.05) is 72.8 Å². The van der Waals surface area contributed by atoms with Crippen LogP contribution in [0.3, 0.4) is 0 Å². The second kappa shape index (κ2) is 9.62. The fourth-order valence-electron chi connectivity index (χ4n) is 6.94. The van der Waals surface area contributed by atoms with E-state index < -0.39 is 0 Å². The lowest BCUT2D eigenvalue weighted by atomic mass is 10.0. The van der Waals surface area contributed by atoms with Crippen molar-refractivity contribution in [3.8, 4) is 11.1 Å². The molecule has 216 valence electrons. The highest BCUT2D eigenvalue weighted by Gasteiger charge is 2.20. The molecule has 10 aromatic rings.